The molecule has 5 heteroatoms. The summed E-state index contributed by atoms with van der Waals surface area (Å²) in [5.41, 5.74) is 1.29. The molecule has 1 saturated carbocycles. The van der Waals surface area contributed by atoms with E-state index in [-0.39, 0.29) is 17.7 Å². The predicted molar refractivity (Wildman–Crippen MR) is 89.8 cm³/mol. The van der Waals surface area contributed by atoms with Crippen molar-refractivity contribution in [1.82, 2.24) is 4.72 Å². The second kappa shape index (κ2) is 7.47. The van der Waals surface area contributed by atoms with Gasteiger partial charge in [0.25, 0.3) is 0 Å². The summed E-state index contributed by atoms with van der Waals surface area (Å²) in [4.78, 5) is 0. The maximum Gasteiger partial charge on any atom is 0.211 e. The maximum absolute atomic E-state index is 11.7. The van der Waals surface area contributed by atoms with Crippen LogP contribution in [0.1, 0.15) is 51.5 Å². The summed E-state index contributed by atoms with van der Waals surface area (Å²) >= 11 is 0. The first-order chi connectivity index (χ1) is 10.4. The summed E-state index contributed by atoms with van der Waals surface area (Å²) < 4.78 is 32.1. The Labute approximate surface area is 134 Å². The Balaban J connectivity index is 1.90. The van der Waals surface area contributed by atoms with Gasteiger partial charge in [0.2, 0.25) is 10.0 Å². The number of ether oxygens (including phenoxy) is 1. The number of sulfonamides is 1. The monoisotopic (exact) mass is 325 g/mol. The van der Waals surface area contributed by atoms with E-state index in [9.17, 15) is 8.42 Å². The number of hydrogen-bond donors (Lipinski definition) is 1. The van der Waals surface area contributed by atoms with Gasteiger partial charge in [-0.1, -0.05) is 32.4 Å². The number of rotatable bonds is 7. The van der Waals surface area contributed by atoms with Gasteiger partial charge >= 0.3 is 0 Å². The molecule has 0 heterocycles. The average molecular weight is 325 g/mol. The highest BCUT2D eigenvalue weighted by Crippen LogP contribution is 2.27. The summed E-state index contributed by atoms with van der Waals surface area (Å²) in [6.07, 6.45) is 2.97. The molecule has 22 heavy (non-hydrogen) atoms. The molecule has 1 aliphatic carbocycles. The highest BCUT2D eigenvalue weighted by molar-refractivity contribution is 7.89. The van der Waals surface area contributed by atoms with Gasteiger partial charge in [-0.25, -0.2) is 13.1 Å². The van der Waals surface area contributed by atoms with Gasteiger partial charge in [0.1, 0.15) is 5.75 Å². The minimum absolute atomic E-state index is 0.0138. The third kappa shape index (κ3) is 4.71. The summed E-state index contributed by atoms with van der Waals surface area (Å²) in [6.45, 7) is 6.56. The fourth-order valence-electron chi connectivity index (χ4n) is 2.86. The van der Waals surface area contributed by atoms with Gasteiger partial charge in [-0.3, -0.25) is 0 Å². The van der Waals surface area contributed by atoms with Crippen LogP contribution in [0, 0.1) is 5.92 Å². The molecule has 0 radical (unpaired) electrons. The molecule has 0 amide bonds. The van der Waals surface area contributed by atoms with Crippen LogP contribution in [0.3, 0.4) is 0 Å². The van der Waals surface area contributed by atoms with Gasteiger partial charge in [0.15, 0.2) is 0 Å². The molecular weight excluding hydrogens is 298 g/mol. The third-order valence-corrected chi connectivity index (χ3v) is 5.80. The zero-order valence-corrected chi connectivity index (χ0v) is 14.5. The Hall–Kier alpha value is -1.07. The van der Waals surface area contributed by atoms with Crippen molar-refractivity contribution in [3.63, 3.8) is 0 Å². The topological polar surface area (TPSA) is 55.4 Å². The average Bonchev–Trinajstić information content (AvgIpc) is 2.92. The molecule has 0 spiro atoms. The van der Waals surface area contributed by atoms with E-state index in [0.29, 0.717) is 12.5 Å². The lowest BCUT2D eigenvalue weighted by atomic mass is 10.0. The van der Waals surface area contributed by atoms with Crippen LogP contribution in [-0.2, 0) is 10.0 Å². The van der Waals surface area contributed by atoms with E-state index in [1.165, 1.54) is 5.56 Å². The SMILES string of the molecule is CCS(=O)(=O)N[C@@H]1CCC[C@H]1COc1ccc(C(C)C)cc1. The fraction of sp³-hybridized carbons (Fsp3) is 0.647. The molecule has 1 fully saturated rings. The summed E-state index contributed by atoms with van der Waals surface area (Å²) in [7, 11) is -3.14. The Bertz CT molecular complexity index is 566. The van der Waals surface area contributed by atoms with Gasteiger partial charge in [-0.15, -0.1) is 0 Å². The van der Waals surface area contributed by atoms with E-state index in [1.54, 1.807) is 6.92 Å². The van der Waals surface area contributed by atoms with E-state index in [0.717, 1.165) is 25.0 Å². The first-order valence-corrected chi connectivity index (χ1v) is 9.79. The minimum atomic E-state index is -3.14. The van der Waals surface area contributed by atoms with E-state index in [4.69, 9.17) is 4.74 Å². The molecule has 0 unspecified atom stereocenters. The number of nitrogens with one attached hydrogen (secondary N) is 1. The molecule has 0 aromatic heterocycles. The van der Waals surface area contributed by atoms with Crippen molar-refractivity contribution in [3.8, 4) is 5.75 Å². The van der Waals surface area contributed by atoms with Crippen molar-refractivity contribution < 1.29 is 13.2 Å². The van der Waals surface area contributed by atoms with Crippen LogP contribution in [0.2, 0.25) is 0 Å². The largest absolute Gasteiger partial charge is 0.493 e. The molecular formula is C17H27NO3S. The molecule has 124 valence electrons. The Morgan fingerprint density at radius 2 is 1.91 bits per heavy atom. The van der Waals surface area contributed by atoms with E-state index in [2.05, 4.69) is 30.7 Å². The normalized spacial score (nSPS) is 22.2. The van der Waals surface area contributed by atoms with Gasteiger partial charge in [0, 0.05) is 12.0 Å². The van der Waals surface area contributed by atoms with Crippen molar-refractivity contribution in [1.29, 1.82) is 0 Å². The molecule has 2 rings (SSSR count). The standard InChI is InChI=1S/C17H27NO3S/c1-4-22(19,20)18-17-7-5-6-15(17)12-21-16-10-8-14(9-11-16)13(2)3/h8-11,13,15,17-18H,4-7,12H2,1-3H3/t15-,17+/m0/s1. The Morgan fingerprint density at radius 3 is 2.50 bits per heavy atom. The van der Waals surface area contributed by atoms with Gasteiger partial charge in [0.05, 0.1) is 12.4 Å². The highest BCUT2D eigenvalue weighted by atomic mass is 32.2. The second-order valence-electron chi connectivity index (χ2n) is 6.35. The molecule has 1 aliphatic rings. The highest BCUT2D eigenvalue weighted by Gasteiger charge is 2.30. The van der Waals surface area contributed by atoms with Crippen molar-refractivity contribution >= 4 is 10.0 Å². The van der Waals surface area contributed by atoms with Gasteiger partial charge in [-0.2, -0.15) is 0 Å². The maximum atomic E-state index is 11.7. The van der Waals surface area contributed by atoms with Crippen LogP contribution in [-0.4, -0.2) is 26.8 Å². The van der Waals surface area contributed by atoms with Crippen LogP contribution >= 0.6 is 0 Å². The number of benzene rings is 1. The Kier molecular flexibility index (Phi) is 5.87. The molecule has 1 aromatic rings. The summed E-state index contributed by atoms with van der Waals surface area (Å²) in [5, 5.41) is 0. The van der Waals surface area contributed by atoms with Crippen LogP contribution in [0.4, 0.5) is 0 Å². The number of hydrogen-bond acceptors (Lipinski definition) is 3. The van der Waals surface area contributed by atoms with E-state index < -0.39 is 10.0 Å². The quantitative estimate of drug-likeness (QED) is 0.837. The molecule has 1 N–H and O–H groups in total. The van der Waals surface area contributed by atoms with Crippen LogP contribution in [0.25, 0.3) is 0 Å². The smallest absolute Gasteiger partial charge is 0.211 e. The van der Waals surface area contributed by atoms with Crippen LogP contribution in [0.5, 0.6) is 5.75 Å². The molecule has 0 saturated heterocycles. The van der Waals surface area contributed by atoms with Crippen LogP contribution in [0.15, 0.2) is 24.3 Å². The van der Waals surface area contributed by atoms with Crippen molar-refractivity contribution in [2.75, 3.05) is 12.4 Å². The molecule has 2 atom stereocenters. The lowest BCUT2D eigenvalue weighted by molar-refractivity contribution is 0.234. The second-order valence-corrected chi connectivity index (χ2v) is 8.40. The fourth-order valence-corrected chi connectivity index (χ4v) is 3.80. The Morgan fingerprint density at radius 1 is 1.23 bits per heavy atom. The minimum Gasteiger partial charge on any atom is -0.493 e. The van der Waals surface area contributed by atoms with Gasteiger partial charge in [-0.05, 0) is 43.4 Å². The molecule has 0 bridgehead atoms. The molecule has 4 nitrogen and oxygen atoms in total. The lowest BCUT2D eigenvalue weighted by Crippen LogP contribution is -2.40. The zero-order chi connectivity index (χ0) is 16.2. The van der Waals surface area contributed by atoms with Crippen molar-refractivity contribution in [2.24, 2.45) is 5.92 Å². The van der Waals surface area contributed by atoms with Crippen molar-refractivity contribution in [3.05, 3.63) is 29.8 Å². The zero-order valence-electron chi connectivity index (χ0n) is 13.7. The molecule has 1 aromatic carbocycles. The third-order valence-electron chi connectivity index (χ3n) is 4.38. The van der Waals surface area contributed by atoms with Gasteiger partial charge < -0.3 is 4.74 Å². The summed E-state index contributed by atoms with van der Waals surface area (Å²) in [6, 6.07) is 8.18. The summed E-state index contributed by atoms with van der Waals surface area (Å²) in [5.74, 6) is 1.75. The lowest BCUT2D eigenvalue weighted by Gasteiger charge is -2.21. The first kappa shape index (κ1) is 17.3. The predicted octanol–water partition coefficient (Wildman–Crippen LogP) is 3.30. The first-order valence-electron chi connectivity index (χ1n) is 8.14. The van der Waals surface area contributed by atoms with Crippen molar-refractivity contribution in [2.45, 2.75) is 52.0 Å². The van der Waals surface area contributed by atoms with E-state index >= 15 is 0 Å². The van der Waals surface area contributed by atoms with E-state index in [1.807, 2.05) is 12.1 Å². The molecule has 0 aliphatic heterocycles. The van der Waals surface area contributed by atoms with Crippen LogP contribution < -0.4 is 9.46 Å².